The summed E-state index contributed by atoms with van der Waals surface area (Å²) in [7, 11) is 0. The molecule has 0 saturated heterocycles. The van der Waals surface area contributed by atoms with Crippen LogP contribution in [0.3, 0.4) is 0 Å². The van der Waals surface area contributed by atoms with Crippen molar-refractivity contribution in [3.8, 4) is 50.5 Å². The lowest BCUT2D eigenvalue weighted by Gasteiger charge is -2.13. The van der Waals surface area contributed by atoms with E-state index in [2.05, 4.69) is 72.6 Å². The number of carboxylic acids is 1. The van der Waals surface area contributed by atoms with Gasteiger partial charge in [-0.2, -0.15) is 0 Å². The van der Waals surface area contributed by atoms with Gasteiger partial charge in [0, 0.05) is 11.1 Å². The zero-order valence-corrected chi connectivity index (χ0v) is 20.1. The maximum atomic E-state index is 11.0. The van der Waals surface area contributed by atoms with Crippen molar-refractivity contribution in [3.05, 3.63) is 115 Å². The normalized spacial score (nSPS) is 10.8. The summed E-state index contributed by atoms with van der Waals surface area (Å²) in [6, 6.07) is 36.8. The van der Waals surface area contributed by atoms with Crippen molar-refractivity contribution in [3.63, 3.8) is 0 Å². The molecule has 0 atom stereocenters. The second-order valence-corrected chi connectivity index (χ2v) is 8.57. The van der Waals surface area contributed by atoms with E-state index in [0.29, 0.717) is 5.75 Å². The summed E-state index contributed by atoms with van der Waals surface area (Å²) < 4.78 is 5.45. The number of nitrogens with one attached hydrogen (secondary N) is 1. The Hall–Kier alpha value is -4.57. The first kappa shape index (κ1) is 23.2. The summed E-state index contributed by atoms with van der Waals surface area (Å²) in [6.45, 7) is 1.82. The minimum absolute atomic E-state index is 0.372. The van der Waals surface area contributed by atoms with Crippen molar-refractivity contribution in [1.29, 1.82) is 0 Å². The highest BCUT2D eigenvalue weighted by Gasteiger charge is 2.21. The lowest BCUT2D eigenvalue weighted by Crippen LogP contribution is -2.09. The van der Waals surface area contributed by atoms with Gasteiger partial charge in [0.2, 0.25) is 0 Å². The van der Waals surface area contributed by atoms with Gasteiger partial charge in [-0.1, -0.05) is 104 Å². The molecule has 0 amide bonds. The number of rotatable bonds is 8. The topological polar surface area (TPSA) is 62.3 Å². The van der Waals surface area contributed by atoms with Crippen LogP contribution in [-0.2, 0) is 11.2 Å². The average molecular weight is 474 g/mol. The van der Waals surface area contributed by atoms with E-state index in [0.717, 1.165) is 40.1 Å². The van der Waals surface area contributed by atoms with Gasteiger partial charge in [-0.25, -0.2) is 4.79 Å². The number of aliphatic carboxylic acids is 1. The highest BCUT2D eigenvalue weighted by Crippen LogP contribution is 2.43. The van der Waals surface area contributed by atoms with E-state index in [9.17, 15) is 4.79 Å². The van der Waals surface area contributed by atoms with Gasteiger partial charge in [-0.3, -0.25) is 0 Å². The molecule has 178 valence electrons. The van der Waals surface area contributed by atoms with E-state index in [-0.39, 0.29) is 6.61 Å². The number of hydrogen-bond donors (Lipinski definition) is 2. The molecule has 4 nitrogen and oxygen atoms in total. The molecule has 0 unspecified atom stereocenters. The van der Waals surface area contributed by atoms with Gasteiger partial charge < -0.3 is 14.8 Å². The number of ether oxygens (including phenoxy) is 1. The third-order valence-electron chi connectivity index (χ3n) is 6.29. The fraction of sp³-hybridized carbons (Fsp3) is 0.0938. The van der Waals surface area contributed by atoms with Gasteiger partial charge in [0.05, 0.1) is 11.4 Å². The molecule has 4 aromatic carbocycles. The molecule has 36 heavy (non-hydrogen) atoms. The molecule has 5 rings (SSSR count). The Balaban J connectivity index is 1.70. The van der Waals surface area contributed by atoms with Gasteiger partial charge in [0.25, 0.3) is 0 Å². The fourth-order valence-electron chi connectivity index (χ4n) is 4.72. The van der Waals surface area contributed by atoms with E-state index in [1.54, 1.807) is 6.07 Å². The second-order valence-electron chi connectivity index (χ2n) is 8.57. The van der Waals surface area contributed by atoms with Crippen LogP contribution in [0.2, 0.25) is 0 Å². The van der Waals surface area contributed by atoms with Crippen molar-refractivity contribution < 1.29 is 14.6 Å². The van der Waals surface area contributed by atoms with Gasteiger partial charge in [0.15, 0.2) is 6.61 Å². The summed E-state index contributed by atoms with van der Waals surface area (Å²) in [5.41, 5.74) is 10.1. The molecule has 2 N–H and O–H groups in total. The Morgan fingerprint density at radius 2 is 1.33 bits per heavy atom. The maximum Gasteiger partial charge on any atom is 0.341 e. The van der Waals surface area contributed by atoms with Gasteiger partial charge in [-0.15, -0.1) is 0 Å². The average Bonchev–Trinajstić information content (AvgIpc) is 3.32. The van der Waals surface area contributed by atoms with Crippen LogP contribution in [0.4, 0.5) is 0 Å². The van der Waals surface area contributed by atoms with E-state index in [1.807, 2.05) is 42.5 Å². The van der Waals surface area contributed by atoms with Crippen LogP contribution < -0.4 is 4.74 Å². The number of benzene rings is 4. The predicted molar refractivity (Wildman–Crippen MR) is 145 cm³/mol. The second kappa shape index (κ2) is 10.4. The monoisotopic (exact) mass is 473 g/mol. The quantitative estimate of drug-likeness (QED) is 0.243. The zero-order chi connectivity index (χ0) is 24.9. The van der Waals surface area contributed by atoms with Crippen LogP contribution in [0, 0.1) is 0 Å². The molecule has 0 bridgehead atoms. The molecule has 0 aliphatic heterocycles. The molecule has 0 saturated carbocycles. The van der Waals surface area contributed by atoms with Crippen LogP contribution in [0.25, 0.3) is 44.8 Å². The van der Waals surface area contributed by atoms with E-state index >= 15 is 0 Å². The molecule has 5 aromatic rings. The highest BCUT2D eigenvalue weighted by atomic mass is 16.5. The van der Waals surface area contributed by atoms with Crippen molar-refractivity contribution in [2.24, 2.45) is 0 Å². The standard InChI is InChI=1S/C32H27NO3/c1-2-26-30(22-12-5-3-6-13-22)31(23-14-7-4-8-15-23)33-32(26)28-19-10-9-18-27(28)24-16-11-17-25(20-24)36-21-29(34)35/h3-20,33H,2,21H2,1H3,(H,34,35). The Morgan fingerprint density at radius 3 is 2.00 bits per heavy atom. The molecule has 0 aliphatic rings. The Bertz CT molecular complexity index is 1490. The molecule has 0 aliphatic carbocycles. The first-order chi connectivity index (χ1) is 17.7. The molecule has 1 heterocycles. The summed E-state index contributed by atoms with van der Waals surface area (Å²) in [4.78, 5) is 14.8. The molecule has 0 fully saturated rings. The molecule has 0 radical (unpaired) electrons. The summed E-state index contributed by atoms with van der Waals surface area (Å²) in [6.07, 6.45) is 0.860. The van der Waals surface area contributed by atoms with Gasteiger partial charge in [-0.05, 0) is 46.4 Å². The fourth-order valence-corrected chi connectivity index (χ4v) is 4.72. The first-order valence-corrected chi connectivity index (χ1v) is 12.1. The van der Waals surface area contributed by atoms with Gasteiger partial charge in [0.1, 0.15) is 5.75 Å². The zero-order valence-electron chi connectivity index (χ0n) is 20.1. The Kier molecular flexibility index (Phi) is 6.67. The number of hydrogen-bond acceptors (Lipinski definition) is 2. The molecular weight excluding hydrogens is 446 g/mol. The lowest BCUT2D eigenvalue weighted by atomic mass is 9.91. The van der Waals surface area contributed by atoms with Gasteiger partial charge >= 0.3 is 5.97 Å². The summed E-state index contributed by atoms with van der Waals surface area (Å²) in [5, 5.41) is 9.00. The molecule has 0 spiro atoms. The van der Waals surface area contributed by atoms with Crippen LogP contribution in [0.15, 0.2) is 109 Å². The van der Waals surface area contributed by atoms with Crippen molar-refractivity contribution in [2.45, 2.75) is 13.3 Å². The molecule has 4 heteroatoms. The van der Waals surface area contributed by atoms with E-state index in [4.69, 9.17) is 9.84 Å². The number of aromatic amines is 1. The highest BCUT2D eigenvalue weighted by molar-refractivity contribution is 5.93. The van der Waals surface area contributed by atoms with Crippen molar-refractivity contribution in [1.82, 2.24) is 4.98 Å². The Morgan fingerprint density at radius 1 is 0.722 bits per heavy atom. The smallest absolute Gasteiger partial charge is 0.341 e. The van der Waals surface area contributed by atoms with E-state index < -0.39 is 5.97 Å². The van der Waals surface area contributed by atoms with Crippen LogP contribution in [-0.4, -0.2) is 22.7 Å². The third kappa shape index (κ3) is 4.66. The minimum Gasteiger partial charge on any atom is -0.482 e. The summed E-state index contributed by atoms with van der Waals surface area (Å²) >= 11 is 0. The maximum absolute atomic E-state index is 11.0. The van der Waals surface area contributed by atoms with Crippen LogP contribution >= 0.6 is 0 Å². The Labute approximate surface area is 210 Å². The summed E-state index contributed by atoms with van der Waals surface area (Å²) in [5.74, 6) is -0.469. The predicted octanol–water partition coefficient (Wildman–Crippen LogP) is 7.71. The number of aromatic nitrogens is 1. The minimum atomic E-state index is -0.998. The number of carbonyl (C=O) groups is 1. The van der Waals surface area contributed by atoms with Crippen LogP contribution in [0.5, 0.6) is 5.75 Å². The lowest BCUT2D eigenvalue weighted by molar-refractivity contribution is -0.139. The largest absolute Gasteiger partial charge is 0.482 e. The molecular formula is C32H27NO3. The number of carboxylic acid groups (broad SMARTS) is 1. The van der Waals surface area contributed by atoms with Crippen molar-refractivity contribution >= 4 is 5.97 Å². The van der Waals surface area contributed by atoms with Crippen molar-refractivity contribution in [2.75, 3.05) is 6.61 Å². The van der Waals surface area contributed by atoms with E-state index in [1.165, 1.54) is 16.7 Å². The van der Waals surface area contributed by atoms with Crippen LogP contribution in [0.1, 0.15) is 12.5 Å². The molecule has 1 aromatic heterocycles. The number of H-pyrrole nitrogens is 1. The SMILES string of the molecule is CCc1c(-c2ccccc2-c2cccc(OCC(=O)O)c2)[nH]c(-c2ccccc2)c1-c1ccccc1. The first-order valence-electron chi connectivity index (χ1n) is 12.1. The third-order valence-corrected chi connectivity index (χ3v) is 6.29.